The van der Waals surface area contributed by atoms with Gasteiger partial charge in [0, 0.05) is 30.2 Å². The van der Waals surface area contributed by atoms with E-state index < -0.39 is 5.54 Å². The van der Waals surface area contributed by atoms with Crippen LogP contribution in [0.5, 0.6) is 0 Å². The molecule has 1 aromatic heterocycles. The number of furan rings is 1. The summed E-state index contributed by atoms with van der Waals surface area (Å²) >= 11 is 3.55. The molecule has 1 saturated carbocycles. The zero-order valence-corrected chi connectivity index (χ0v) is 24.5. The average molecular weight is 593 g/mol. The fourth-order valence-electron chi connectivity index (χ4n) is 5.46. The first-order chi connectivity index (χ1) is 18.8. The molecule has 4 rings (SSSR count). The minimum absolute atomic E-state index is 0.0809. The van der Waals surface area contributed by atoms with Crippen LogP contribution in [0.1, 0.15) is 56.8 Å². The smallest absolute Gasteiger partial charge is 0.271 e. The molecule has 1 atom stereocenters. The van der Waals surface area contributed by atoms with E-state index in [1.807, 2.05) is 73.5 Å². The first-order valence-corrected chi connectivity index (χ1v) is 14.5. The summed E-state index contributed by atoms with van der Waals surface area (Å²) in [6, 6.07) is 11.5. The van der Waals surface area contributed by atoms with Crippen LogP contribution in [-0.4, -0.2) is 46.8 Å². The van der Waals surface area contributed by atoms with Crippen LogP contribution in [0.25, 0.3) is 6.08 Å². The van der Waals surface area contributed by atoms with Crippen molar-refractivity contribution in [1.82, 2.24) is 15.1 Å². The number of carbonyl (C=O) groups excluding carboxylic acids is 2. The summed E-state index contributed by atoms with van der Waals surface area (Å²) in [6.45, 7) is 6.83. The molecule has 0 spiro atoms. The molecule has 2 aromatic rings. The third-order valence-corrected chi connectivity index (χ3v) is 8.05. The zero-order chi connectivity index (χ0) is 27.8. The molecular weight excluding hydrogens is 554 g/mol. The summed E-state index contributed by atoms with van der Waals surface area (Å²) in [5, 5.41) is 3.35. The molecule has 1 unspecified atom stereocenters. The number of hydrogen-bond acceptors (Lipinski definition) is 4. The second-order valence-electron chi connectivity index (χ2n) is 10.4. The highest BCUT2D eigenvalue weighted by atomic mass is 79.9. The van der Waals surface area contributed by atoms with Gasteiger partial charge in [0.2, 0.25) is 0 Å². The molecule has 1 aromatic carbocycles. The van der Waals surface area contributed by atoms with E-state index in [9.17, 15) is 9.59 Å². The zero-order valence-electron chi connectivity index (χ0n) is 22.9. The number of nitrogens with zero attached hydrogens (tertiary/aromatic N) is 2. The average Bonchev–Trinajstić information content (AvgIpc) is 3.30. The van der Waals surface area contributed by atoms with Gasteiger partial charge < -0.3 is 19.5 Å². The highest BCUT2D eigenvalue weighted by molar-refractivity contribution is 9.10. The molecule has 0 radical (unpaired) electrons. The summed E-state index contributed by atoms with van der Waals surface area (Å²) < 4.78 is 6.44. The highest BCUT2D eigenvalue weighted by Crippen LogP contribution is 2.37. The van der Waals surface area contributed by atoms with Gasteiger partial charge >= 0.3 is 0 Å². The third kappa shape index (κ3) is 6.64. The van der Waals surface area contributed by atoms with Crippen LogP contribution in [0.15, 0.2) is 93.7 Å². The van der Waals surface area contributed by atoms with Gasteiger partial charge in [-0.2, -0.15) is 0 Å². The lowest BCUT2D eigenvalue weighted by atomic mass is 9.82. The Labute approximate surface area is 240 Å². The van der Waals surface area contributed by atoms with Crippen molar-refractivity contribution in [3.05, 3.63) is 101 Å². The molecule has 1 saturated heterocycles. The van der Waals surface area contributed by atoms with Gasteiger partial charge in [0.1, 0.15) is 11.5 Å². The highest BCUT2D eigenvalue weighted by Gasteiger charge is 2.53. The molecule has 2 amide bonds. The normalized spacial score (nSPS) is 22.1. The summed E-state index contributed by atoms with van der Waals surface area (Å²) in [7, 11) is 1.85. The Morgan fingerprint density at radius 3 is 2.62 bits per heavy atom. The summed E-state index contributed by atoms with van der Waals surface area (Å²) in [6.07, 6.45) is 17.3. The number of halogens is 1. The Balaban J connectivity index is 1.82. The van der Waals surface area contributed by atoms with Crippen LogP contribution in [-0.2, 0) is 16.1 Å². The predicted molar refractivity (Wildman–Crippen MR) is 159 cm³/mol. The number of likely N-dealkylation sites (N-methyl/N-ethyl adjacent to an activating group) is 1. The van der Waals surface area contributed by atoms with Crippen molar-refractivity contribution in [2.75, 3.05) is 13.6 Å². The maximum Gasteiger partial charge on any atom is 0.271 e. The number of amides is 2. The van der Waals surface area contributed by atoms with Gasteiger partial charge in [-0.3, -0.25) is 9.59 Å². The first kappa shape index (κ1) is 28.7. The van der Waals surface area contributed by atoms with E-state index >= 15 is 0 Å². The molecule has 2 aliphatic rings. The minimum Gasteiger partial charge on any atom is -0.465 e. The number of piperazine rings is 1. The third-order valence-electron chi connectivity index (χ3n) is 7.55. The number of hydrogen-bond donors (Lipinski definition) is 1. The Morgan fingerprint density at radius 2 is 1.95 bits per heavy atom. The standard InChI is InChI=1S/C32H38BrN3O3/c1-4-5-8-13-24(2)32(31(38)34-27-16-9-6-7-10-17-27)23-35(3)29(21-28-18-12-19-39-28)30(37)36(32)22-25-14-11-15-26(33)20-25/h4-5,8,11-15,18-21,27H,2,6-7,9-10,16-17,22-23H2,1,3H3,(H,34,38)/b5-4-,13-8-,29-21-. The van der Waals surface area contributed by atoms with Gasteiger partial charge in [0.05, 0.1) is 12.8 Å². The van der Waals surface area contributed by atoms with Crippen molar-refractivity contribution in [3.63, 3.8) is 0 Å². The second-order valence-corrected chi connectivity index (χ2v) is 11.3. The maximum absolute atomic E-state index is 14.5. The van der Waals surface area contributed by atoms with Crippen molar-refractivity contribution in [2.24, 2.45) is 0 Å². The Hall–Kier alpha value is -3.32. The second kappa shape index (κ2) is 13.2. The van der Waals surface area contributed by atoms with E-state index in [1.54, 1.807) is 23.3 Å². The monoisotopic (exact) mass is 591 g/mol. The van der Waals surface area contributed by atoms with E-state index in [1.165, 1.54) is 12.8 Å². The van der Waals surface area contributed by atoms with E-state index in [0.29, 0.717) is 17.0 Å². The SMILES string of the molecule is C=C(/C=C\C=C/C)C1(C(=O)NC2CCCCCC2)CN(C)/C(=C\c2ccco2)C(=O)N1Cc1cccc(Br)c1. The minimum atomic E-state index is -1.31. The van der Waals surface area contributed by atoms with Crippen molar-refractivity contribution >= 4 is 33.8 Å². The number of carbonyl (C=O) groups is 2. The van der Waals surface area contributed by atoms with Gasteiger partial charge in [-0.25, -0.2) is 0 Å². The number of allylic oxidation sites excluding steroid dienone is 3. The largest absolute Gasteiger partial charge is 0.465 e. The fourth-order valence-corrected chi connectivity index (χ4v) is 5.90. The van der Waals surface area contributed by atoms with Crippen LogP contribution in [0.3, 0.4) is 0 Å². The van der Waals surface area contributed by atoms with Crippen LogP contribution < -0.4 is 5.32 Å². The van der Waals surface area contributed by atoms with Gasteiger partial charge in [-0.15, -0.1) is 0 Å². The van der Waals surface area contributed by atoms with Crippen LogP contribution in [0, 0.1) is 0 Å². The topological polar surface area (TPSA) is 65.8 Å². The lowest BCUT2D eigenvalue weighted by Crippen LogP contribution is -2.70. The lowest BCUT2D eigenvalue weighted by molar-refractivity contribution is -0.150. The summed E-state index contributed by atoms with van der Waals surface area (Å²) in [5.41, 5.74) is 0.637. The number of rotatable bonds is 8. The van der Waals surface area contributed by atoms with Crippen LogP contribution in [0.4, 0.5) is 0 Å². The molecule has 7 heteroatoms. The van der Waals surface area contributed by atoms with Gasteiger partial charge in [-0.05, 0) is 55.2 Å². The van der Waals surface area contributed by atoms with E-state index in [4.69, 9.17) is 4.42 Å². The number of benzene rings is 1. The molecule has 1 aliphatic heterocycles. The van der Waals surface area contributed by atoms with Gasteiger partial charge in [0.15, 0.2) is 5.54 Å². The Morgan fingerprint density at radius 1 is 1.18 bits per heavy atom. The molecule has 6 nitrogen and oxygen atoms in total. The van der Waals surface area contributed by atoms with Crippen molar-refractivity contribution in [2.45, 2.75) is 63.6 Å². The fraction of sp³-hybridized carbons (Fsp3) is 0.375. The van der Waals surface area contributed by atoms with E-state index in [-0.39, 0.29) is 30.9 Å². The van der Waals surface area contributed by atoms with Crippen molar-refractivity contribution in [1.29, 1.82) is 0 Å². The molecule has 2 fully saturated rings. The Kier molecular flexibility index (Phi) is 9.68. The molecule has 2 heterocycles. The van der Waals surface area contributed by atoms with Gasteiger partial charge in [-0.1, -0.05) is 84.6 Å². The van der Waals surface area contributed by atoms with Gasteiger partial charge in [0.25, 0.3) is 11.8 Å². The molecule has 39 heavy (non-hydrogen) atoms. The van der Waals surface area contributed by atoms with Crippen LogP contribution in [0.2, 0.25) is 0 Å². The molecule has 0 bridgehead atoms. The van der Waals surface area contributed by atoms with E-state index in [2.05, 4.69) is 27.8 Å². The molecular formula is C32H38BrN3O3. The maximum atomic E-state index is 14.5. The molecule has 206 valence electrons. The van der Waals surface area contributed by atoms with Crippen molar-refractivity contribution in [3.8, 4) is 0 Å². The predicted octanol–water partition coefficient (Wildman–Crippen LogP) is 6.62. The Bertz CT molecular complexity index is 1260. The summed E-state index contributed by atoms with van der Waals surface area (Å²) in [5.74, 6) is 0.142. The lowest BCUT2D eigenvalue weighted by Gasteiger charge is -2.50. The molecule has 1 aliphatic carbocycles. The number of nitrogens with one attached hydrogen (secondary N) is 1. The summed E-state index contributed by atoms with van der Waals surface area (Å²) in [4.78, 5) is 32.4. The van der Waals surface area contributed by atoms with E-state index in [0.717, 1.165) is 35.7 Å². The van der Waals surface area contributed by atoms with Crippen LogP contribution >= 0.6 is 15.9 Å². The van der Waals surface area contributed by atoms with Crippen molar-refractivity contribution < 1.29 is 14.0 Å². The molecule has 1 N–H and O–H groups in total. The first-order valence-electron chi connectivity index (χ1n) is 13.7. The quantitative estimate of drug-likeness (QED) is 0.213.